The van der Waals surface area contributed by atoms with E-state index in [2.05, 4.69) is 39.8 Å². The SMILES string of the molecule is COc1ccc(CN2CCC3NN(C)c4nc(NCC5CCCCCC5)nc2c43)cc1. The molecule has 0 amide bonds. The van der Waals surface area contributed by atoms with Gasteiger partial charge in [0, 0.05) is 26.7 Å². The number of hydrogen-bond donors (Lipinski definition) is 2. The van der Waals surface area contributed by atoms with E-state index in [-0.39, 0.29) is 0 Å². The minimum Gasteiger partial charge on any atom is -0.497 e. The molecule has 0 saturated heterocycles. The maximum atomic E-state index is 5.31. The van der Waals surface area contributed by atoms with Gasteiger partial charge in [0.25, 0.3) is 0 Å². The summed E-state index contributed by atoms with van der Waals surface area (Å²) in [4.78, 5) is 12.3. The molecular formula is C24H34N6O. The first kappa shape index (κ1) is 20.4. The van der Waals surface area contributed by atoms with Gasteiger partial charge in [-0.1, -0.05) is 37.8 Å². The van der Waals surface area contributed by atoms with Crippen molar-refractivity contribution in [2.24, 2.45) is 5.92 Å². The molecule has 1 atom stereocenters. The molecule has 1 saturated carbocycles. The molecule has 0 bridgehead atoms. The molecule has 7 heteroatoms. The van der Waals surface area contributed by atoms with Crippen LogP contribution in [0, 0.1) is 5.92 Å². The lowest BCUT2D eigenvalue weighted by molar-refractivity contribution is 0.414. The fourth-order valence-electron chi connectivity index (χ4n) is 5.20. The van der Waals surface area contributed by atoms with Gasteiger partial charge in [0.05, 0.1) is 18.7 Å². The van der Waals surface area contributed by atoms with Gasteiger partial charge in [-0.3, -0.25) is 5.01 Å². The highest BCUT2D eigenvalue weighted by Gasteiger charge is 2.37. The van der Waals surface area contributed by atoms with Crippen LogP contribution in [0.5, 0.6) is 5.75 Å². The second kappa shape index (κ2) is 8.91. The summed E-state index contributed by atoms with van der Waals surface area (Å²) in [6.45, 7) is 2.78. The normalized spacial score (nSPS) is 21.0. The Morgan fingerprint density at radius 2 is 1.77 bits per heavy atom. The first-order valence-electron chi connectivity index (χ1n) is 11.7. The molecule has 1 aliphatic carbocycles. The summed E-state index contributed by atoms with van der Waals surface area (Å²) in [6, 6.07) is 8.64. The highest BCUT2D eigenvalue weighted by molar-refractivity contribution is 5.68. The molecule has 0 spiro atoms. The molecule has 1 unspecified atom stereocenters. The Balaban J connectivity index is 1.38. The molecule has 1 fully saturated rings. The summed E-state index contributed by atoms with van der Waals surface area (Å²) in [6.07, 6.45) is 9.16. The van der Waals surface area contributed by atoms with Crippen LogP contribution in [0.1, 0.15) is 62.1 Å². The average molecular weight is 423 g/mol. The molecule has 7 nitrogen and oxygen atoms in total. The smallest absolute Gasteiger partial charge is 0.226 e. The largest absolute Gasteiger partial charge is 0.497 e. The van der Waals surface area contributed by atoms with E-state index in [1.807, 2.05) is 12.1 Å². The maximum absolute atomic E-state index is 5.31. The second-order valence-corrected chi connectivity index (χ2v) is 9.15. The molecule has 5 rings (SSSR count). The third-order valence-corrected chi connectivity index (χ3v) is 6.96. The van der Waals surface area contributed by atoms with Gasteiger partial charge in [-0.05, 0) is 42.9 Å². The van der Waals surface area contributed by atoms with E-state index in [9.17, 15) is 0 Å². The summed E-state index contributed by atoms with van der Waals surface area (Å²) in [5.74, 6) is 4.46. The number of benzene rings is 1. The minimum absolute atomic E-state index is 0.304. The highest BCUT2D eigenvalue weighted by atomic mass is 16.5. The van der Waals surface area contributed by atoms with E-state index in [0.717, 1.165) is 55.3 Å². The number of aromatic nitrogens is 2. The number of nitrogens with zero attached hydrogens (tertiary/aromatic N) is 4. The van der Waals surface area contributed by atoms with Crippen molar-refractivity contribution in [1.82, 2.24) is 15.4 Å². The molecule has 0 radical (unpaired) electrons. The van der Waals surface area contributed by atoms with Crippen molar-refractivity contribution < 1.29 is 4.74 Å². The number of rotatable bonds is 6. The molecule has 2 aromatic rings. The van der Waals surface area contributed by atoms with Crippen molar-refractivity contribution in [3.8, 4) is 5.75 Å². The Kier molecular flexibility index (Phi) is 5.85. The zero-order valence-corrected chi connectivity index (χ0v) is 18.7. The standard InChI is InChI=1S/C24H34N6O/c1-29-22-21-20(28-29)13-14-30(16-18-9-11-19(31-2)12-10-18)23(21)27-24(26-22)25-15-17-7-5-3-4-6-8-17/h9-12,17,20,28H,3-8,13-16H2,1-2H3,(H,25,26,27). The lowest BCUT2D eigenvalue weighted by atomic mass is 10.0. The lowest BCUT2D eigenvalue weighted by Gasteiger charge is -2.32. The minimum atomic E-state index is 0.304. The third kappa shape index (κ3) is 4.28. The van der Waals surface area contributed by atoms with Crippen molar-refractivity contribution in [2.45, 2.75) is 57.5 Å². The van der Waals surface area contributed by atoms with Crippen LogP contribution in [-0.4, -0.2) is 37.2 Å². The predicted octanol–water partition coefficient (Wildman–Crippen LogP) is 4.27. The van der Waals surface area contributed by atoms with Crippen LogP contribution in [0.25, 0.3) is 0 Å². The van der Waals surface area contributed by atoms with Crippen LogP contribution in [0.15, 0.2) is 24.3 Å². The van der Waals surface area contributed by atoms with E-state index in [0.29, 0.717) is 6.04 Å². The van der Waals surface area contributed by atoms with Crippen molar-refractivity contribution in [3.05, 3.63) is 35.4 Å². The van der Waals surface area contributed by atoms with Gasteiger partial charge in [-0.2, -0.15) is 9.97 Å². The summed E-state index contributed by atoms with van der Waals surface area (Å²) in [7, 11) is 3.76. The summed E-state index contributed by atoms with van der Waals surface area (Å²) < 4.78 is 5.31. The molecule has 2 N–H and O–H groups in total. The van der Waals surface area contributed by atoms with Gasteiger partial charge in [0.1, 0.15) is 11.6 Å². The topological polar surface area (TPSA) is 65.6 Å². The predicted molar refractivity (Wildman–Crippen MR) is 125 cm³/mol. The van der Waals surface area contributed by atoms with Crippen molar-refractivity contribution in [1.29, 1.82) is 0 Å². The van der Waals surface area contributed by atoms with E-state index < -0.39 is 0 Å². The van der Waals surface area contributed by atoms with Crippen molar-refractivity contribution in [3.63, 3.8) is 0 Å². The summed E-state index contributed by atoms with van der Waals surface area (Å²) in [5, 5.41) is 5.65. The van der Waals surface area contributed by atoms with Crippen LogP contribution >= 0.6 is 0 Å². The quantitative estimate of drug-likeness (QED) is 0.674. The van der Waals surface area contributed by atoms with E-state index in [1.54, 1.807) is 7.11 Å². The Labute approximate surface area is 185 Å². The van der Waals surface area contributed by atoms with Gasteiger partial charge in [-0.25, -0.2) is 5.43 Å². The van der Waals surface area contributed by atoms with E-state index >= 15 is 0 Å². The number of nitrogens with one attached hydrogen (secondary N) is 2. The number of anilines is 3. The molecule has 2 aliphatic heterocycles. The highest BCUT2D eigenvalue weighted by Crippen LogP contribution is 2.43. The zero-order chi connectivity index (χ0) is 21.2. The molecule has 1 aromatic carbocycles. The molecule has 1 aromatic heterocycles. The van der Waals surface area contributed by atoms with Crippen molar-refractivity contribution in [2.75, 3.05) is 42.5 Å². The van der Waals surface area contributed by atoms with Crippen LogP contribution in [0.4, 0.5) is 17.6 Å². The Bertz CT molecular complexity index is 894. The van der Waals surface area contributed by atoms with E-state index in [4.69, 9.17) is 14.7 Å². The second-order valence-electron chi connectivity index (χ2n) is 9.15. The van der Waals surface area contributed by atoms with Gasteiger partial charge in [0.2, 0.25) is 5.95 Å². The van der Waals surface area contributed by atoms with Gasteiger partial charge in [-0.15, -0.1) is 0 Å². The number of hydrazine groups is 1. The van der Waals surface area contributed by atoms with Gasteiger partial charge >= 0.3 is 0 Å². The van der Waals surface area contributed by atoms with Crippen LogP contribution in [-0.2, 0) is 6.54 Å². The lowest BCUT2D eigenvalue weighted by Crippen LogP contribution is -2.36. The zero-order valence-electron chi connectivity index (χ0n) is 18.7. The first-order valence-corrected chi connectivity index (χ1v) is 11.7. The van der Waals surface area contributed by atoms with Gasteiger partial charge in [0.15, 0.2) is 5.82 Å². The Morgan fingerprint density at radius 3 is 2.52 bits per heavy atom. The molecule has 3 aliphatic rings. The number of ether oxygens (including phenoxy) is 1. The molecule has 3 heterocycles. The van der Waals surface area contributed by atoms with Crippen LogP contribution < -0.4 is 25.4 Å². The number of methoxy groups -OCH3 is 1. The molecule has 166 valence electrons. The summed E-state index contributed by atoms with van der Waals surface area (Å²) >= 11 is 0. The van der Waals surface area contributed by atoms with Crippen LogP contribution in [0.3, 0.4) is 0 Å². The fourth-order valence-corrected chi connectivity index (χ4v) is 5.20. The Hall–Kier alpha value is -2.54. The fraction of sp³-hybridized carbons (Fsp3) is 0.583. The maximum Gasteiger partial charge on any atom is 0.226 e. The van der Waals surface area contributed by atoms with Crippen LogP contribution in [0.2, 0.25) is 0 Å². The average Bonchev–Trinajstić information content (AvgIpc) is 2.96. The van der Waals surface area contributed by atoms with Crippen molar-refractivity contribution >= 4 is 17.6 Å². The first-order chi connectivity index (χ1) is 15.2. The van der Waals surface area contributed by atoms with E-state index in [1.165, 1.54) is 49.7 Å². The monoisotopic (exact) mass is 422 g/mol. The van der Waals surface area contributed by atoms with Gasteiger partial charge < -0.3 is 15.0 Å². The Morgan fingerprint density at radius 1 is 1.03 bits per heavy atom. The third-order valence-electron chi connectivity index (χ3n) is 6.96. The number of hydrogen-bond acceptors (Lipinski definition) is 7. The molecular weight excluding hydrogens is 388 g/mol. The summed E-state index contributed by atoms with van der Waals surface area (Å²) in [5.41, 5.74) is 6.06. The molecule has 31 heavy (non-hydrogen) atoms.